The van der Waals surface area contributed by atoms with Crippen LogP contribution in [-0.2, 0) is 22.7 Å². The zero-order valence-corrected chi connectivity index (χ0v) is 24.4. The summed E-state index contributed by atoms with van der Waals surface area (Å²) in [4.78, 5) is 55.0. The fraction of sp³-hybridized carbons (Fsp3) is 0.250. The van der Waals surface area contributed by atoms with E-state index >= 15 is 0 Å². The van der Waals surface area contributed by atoms with E-state index in [4.69, 9.17) is 9.47 Å². The maximum atomic E-state index is 14.2. The van der Waals surface area contributed by atoms with E-state index < -0.39 is 76.7 Å². The van der Waals surface area contributed by atoms with Crippen LogP contribution in [0.2, 0.25) is 0 Å². The Labute approximate surface area is 256 Å². The van der Waals surface area contributed by atoms with E-state index in [9.17, 15) is 32.3 Å². The third-order valence-electron chi connectivity index (χ3n) is 6.96. The quantitative estimate of drug-likeness (QED) is 0.175. The number of hydrogen-bond donors (Lipinski definition) is 1. The van der Waals surface area contributed by atoms with Crippen molar-refractivity contribution in [3.63, 3.8) is 0 Å². The lowest BCUT2D eigenvalue weighted by Crippen LogP contribution is -2.58. The number of fused-ring (bicyclic) bond motifs is 1. The van der Waals surface area contributed by atoms with Crippen LogP contribution in [-0.4, -0.2) is 53.2 Å². The molecule has 13 heteroatoms. The second-order valence-electron chi connectivity index (χ2n) is 10.1. The number of carbonyl (C=O) groups excluding carboxylic acids is 3. The molecule has 0 bridgehead atoms. The molecule has 2 heterocycles. The van der Waals surface area contributed by atoms with Crippen molar-refractivity contribution in [3.05, 3.63) is 124 Å². The summed E-state index contributed by atoms with van der Waals surface area (Å²) in [5.74, 6) is -6.45. The Morgan fingerprint density at radius 1 is 1.09 bits per heavy atom. The predicted molar refractivity (Wildman–Crippen MR) is 159 cm³/mol. The average Bonchev–Trinajstić information content (AvgIpc) is 3.01. The minimum absolute atomic E-state index is 0.0640. The van der Waals surface area contributed by atoms with Crippen LogP contribution in [0.4, 0.5) is 13.2 Å². The van der Waals surface area contributed by atoms with E-state index in [0.717, 1.165) is 6.20 Å². The third-order valence-corrected chi connectivity index (χ3v) is 6.96. The molecule has 0 radical (unpaired) electrons. The molecule has 0 aliphatic carbocycles. The van der Waals surface area contributed by atoms with Gasteiger partial charge >= 0.3 is 5.97 Å². The number of ether oxygens (including phenoxy) is 2. The zero-order valence-electron chi connectivity index (χ0n) is 24.4. The lowest BCUT2D eigenvalue weighted by molar-refractivity contribution is -0.142. The number of benzene rings is 2. The molecular weight excluding hydrogens is 593 g/mol. The van der Waals surface area contributed by atoms with Gasteiger partial charge in [-0.25, -0.2) is 13.2 Å². The van der Waals surface area contributed by atoms with Gasteiger partial charge in [-0.2, -0.15) is 0 Å². The van der Waals surface area contributed by atoms with Crippen LogP contribution in [0.1, 0.15) is 45.3 Å². The van der Waals surface area contributed by atoms with E-state index in [1.54, 1.807) is 43.3 Å². The number of nitrogens with one attached hydrogen (secondary N) is 1. The van der Waals surface area contributed by atoms with E-state index in [-0.39, 0.29) is 25.6 Å². The maximum Gasteiger partial charge on any atom is 0.327 e. The van der Waals surface area contributed by atoms with Gasteiger partial charge in [-0.15, -0.1) is 13.2 Å². The van der Waals surface area contributed by atoms with Gasteiger partial charge in [0.25, 0.3) is 11.8 Å². The molecule has 2 amide bonds. The van der Waals surface area contributed by atoms with Crippen molar-refractivity contribution in [2.24, 2.45) is 0 Å². The number of esters is 1. The number of halogens is 3. The SMILES string of the molecule is C=CCCOC(=O)CN1CN(C(C)C=C)C(=O)c2c(OCc3ccccc3)c(=O)c(C(=O)NCc3c(F)cc(F)cc3F)cn21. The lowest BCUT2D eigenvalue weighted by atomic mass is 10.1. The fourth-order valence-corrected chi connectivity index (χ4v) is 4.49. The van der Waals surface area contributed by atoms with Gasteiger partial charge in [0, 0.05) is 36.5 Å². The highest BCUT2D eigenvalue weighted by atomic mass is 19.1. The molecule has 10 nitrogen and oxygen atoms in total. The van der Waals surface area contributed by atoms with Crippen LogP contribution in [0.3, 0.4) is 0 Å². The summed E-state index contributed by atoms with van der Waals surface area (Å²) in [5.41, 5.74) is -1.77. The summed E-state index contributed by atoms with van der Waals surface area (Å²) >= 11 is 0. The molecule has 1 unspecified atom stereocenters. The molecule has 1 aliphatic rings. The highest BCUT2D eigenvalue weighted by Crippen LogP contribution is 2.25. The smallest absolute Gasteiger partial charge is 0.327 e. The molecule has 0 fully saturated rings. The van der Waals surface area contributed by atoms with Crippen LogP contribution in [0.25, 0.3) is 0 Å². The summed E-state index contributed by atoms with van der Waals surface area (Å²) in [6, 6.07) is 9.11. The number of aromatic nitrogens is 1. The first-order chi connectivity index (χ1) is 21.5. The van der Waals surface area contributed by atoms with Gasteiger partial charge in [-0.05, 0) is 18.9 Å². The molecule has 0 spiro atoms. The molecule has 1 aromatic heterocycles. The molecule has 236 valence electrons. The first kappa shape index (κ1) is 32.6. The Kier molecular flexibility index (Phi) is 10.4. The molecular formula is C32H31F3N4O6. The highest BCUT2D eigenvalue weighted by molar-refractivity contribution is 5.99. The van der Waals surface area contributed by atoms with Gasteiger partial charge < -0.3 is 19.7 Å². The van der Waals surface area contributed by atoms with Gasteiger partial charge in [0.1, 0.15) is 42.8 Å². The van der Waals surface area contributed by atoms with E-state index in [1.807, 2.05) is 0 Å². The minimum Gasteiger partial charge on any atom is -0.482 e. The molecule has 1 N–H and O–H groups in total. The Morgan fingerprint density at radius 3 is 2.42 bits per heavy atom. The molecule has 3 aromatic rings. The van der Waals surface area contributed by atoms with Gasteiger partial charge in [0.05, 0.1) is 6.61 Å². The molecule has 0 saturated heterocycles. The summed E-state index contributed by atoms with van der Waals surface area (Å²) in [5, 5.41) is 3.64. The van der Waals surface area contributed by atoms with Crippen LogP contribution in [0.15, 0.2) is 78.8 Å². The highest BCUT2D eigenvalue weighted by Gasteiger charge is 2.37. The first-order valence-electron chi connectivity index (χ1n) is 13.9. The summed E-state index contributed by atoms with van der Waals surface area (Å²) < 4.78 is 54.1. The second kappa shape index (κ2) is 14.4. The number of rotatable bonds is 13. The molecule has 45 heavy (non-hydrogen) atoms. The summed E-state index contributed by atoms with van der Waals surface area (Å²) in [6.45, 7) is 7.64. The zero-order chi connectivity index (χ0) is 32.7. The van der Waals surface area contributed by atoms with Crippen molar-refractivity contribution in [1.29, 1.82) is 0 Å². The predicted octanol–water partition coefficient (Wildman–Crippen LogP) is 3.82. The van der Waals surface area contributed by atoms with E-state index in [1.165, 1.54) is 20.7 Å². The van der Waals surface area contributed by atoms with Crippen LogP contribution in [0.5, 0.6) is 5.75 Å². The molecule has 4 rings (SSSR count). The number of amides is 2. The number of hydrogen-bond acceptors (Lipinski definition) is 7. The minimum atomic E-state index is -1.23. The Morgan fingerprint density at radius 2 is 1.78 bits per heavy atom. The maximum absolute atomic E-state index is 14.2. The number of pyridine rings is 1. The van der Waals surface area contributed by atoms with Crippen molar-refractivity contribution in [2.45, 2.75) is 32.5 Å². The molecule has 0 saturated carbocycles. The largest absolute Gasteiger partial charge is 0.482 e. The lowest BCUT2D eigenvalue weighted by Gasteiger charge is -2.41. The van der Waals surface area contributed by atoms with Crippen molar-refractivity contribution in [3.8, 4) is 5.75 Å². The van der Waals surface area contributed by atoms with Crippen molar-refractivity contribution in [2.75, 3.05) is 24.8 Å². The summed E-state index contributed by atoms with van der Waals surface area (Å²) in [6.07, 6.45) is 4.53. The standard InChI is InChI=1S/C32H31F3N4O6/c1-4-6-12-44-27(40)17-37-19-38(20(3)5-2)32(43)28-30(45-18-21-10-8-7-9-11-21)29(41)24(16-39(28)37)31(42)36-15-23-25(34)13-22(33)14-26(23)35/h4-5,7-11,13-14,16,20H,1-2,6,12,15,17-19H2,3H3,(H,36,42). The van der Waals surface area contributed by atoms with Crippen LogP contribution in [0, 0.1) is 17.5 Å². The Bertz CT molecular complexity index is 1650. The molecule has 1 atom stereocenters. The topological polar surface area (TPSA) is 110 Å². The number of carbonyl (C=O) groups is 3. The average molecular weight is 625 g/mol. The van der Waals surface area contributed by atoms with Gasteiger partial charge in [-0.3, -0.25) is 28.9 Å². The van der Waals surface area contributed by atoms with Gasteiger partial charge in [0.15, 0.2) is 11.4 Å². The van der Waals surface area contributed by atoms with Gasteiger partial charge in [-0.1, -0.05) is 42.5 Å². The van der Waals surface area contributed by atoms with Gasteiger partial charge in [0.2, 0.25) is 5.43 Å². The monoisotopic (exact) mass is 624 g/mol. The molecule has 1 aliphatic heterocycles. The fourth-order valence-electron chi connectivity index (χ4n) is 4.49. The Balaban J connectivity index is 1.79. The number of nitrogens with zero attached hydrogens (tertiary/aromatic N) is 3. The normalized spacial score (nSPS) is 13.1. The first-order valence-corrected chi connectivity index (χ1v) is 13.9. The van der Waals surface area contributed by atoms with Crippen LogP contribution >= 0.6 is 0 Å². The molecule has 2 aromatic carbocycles. The third kappa shape index (κ3) is 7.43. The second-order valence-corrected chi connectivity index (χ2v) is 10.1. The Hall–Kier alpha value is -5.33. The van der Waals surface area contributed by atoms with Crippen molar-refractivity contribution < 1.29 is 37.0 Å². The van der Waals surface area contributed by atoms with Crippen molar-refractivity contribution in [1.82, 2.24) is 14.9 Å². The van der Waals surface area contributed by atoms with Crippen molar-refractivity contribution >= 4 is 17.8 Å². The summed E-state index contributed by atoms with van der Waals surface area (Å²) in [7, 11) is 0. The van der Waals surface area contributed by atoms with Crippen LogP contribution < -0.4 is 20.5 Å². The van der Waals surface area contributed by atoms with E-state index in [2.05, 4.69) is 18.5 Å². The van der Waals surface area contributed by atoms with E-state index in [0.29, 0.717) is 24.1 Å².